The van der Waals surface area contributed by atoms with Gasteiger partial charge in [0.1, 0.15) is 33.6 Å². The third-order valence-electron chi connectivity index (χ3n) is 6.42. The lowest BCUT2D eigenvalue weighted by Crippen LogP contribution is -2.34. The molecule has 16 heteroatoms. The molecule has 5 N–H and O–H groups in total. The Balaban J connectivity index is 1.48. The second-order valence-corrected chi connectivity index (χ2v) is 10.2. The van der Waals surface area contributed by atoms with Gasteiger partial charge in [-0.1, -0.05) is 24.4 Å². The largest absolute Gasteiger partial charge is 0.481 e. The number of nitro benzene ring substituents is 1. The van der Waals surface area contributed by atoms with E-state index in [-0.39, 0.29) is 78.6 Å². The summed E-state index contributed by atoms with van der Waals surface area (Å²) in [5.74, 6) is -1.40. The van der Waals surface area contributed by atoms with Gasteiger partial charge < -0.3 is 36.1 Å². The minimum absolute atomic E-state index is 0.0755. The first-order valence-corrected chi connectivity index (χ1v) is 14.6. The number of non-ortho nitro benzene ring substituents is 1. The summed E-state index contributed by atoms with van der Waals surface area (Å²) in [5, 5.41) is 24.9. The monoisotopic (exact) mass is 649 g/mol. The molecule has 1 aromatic heterocycles. The maximum atomic E-state index is 12.5. The van der Waals surface area contributed by atoms with Crippen LogP contribution in [0.4, 0.5) is 11.4 Å². The Morgan fingerprint density at radius 3 is 1.72 bits per heavy atom. The predicted molar refractivity (Wildman–Crippen MR) is 170 cm³/mol. The molecular formula is C30H31N7O8S. The molecule has 4 bridgehead atoms. The molecule has 4 amide bonds. The van der Waals surface area contributed by atoms with Gasteiger partial charge in [-0.3, -0.25) is 29.3 Å². The minimum atomic E-state index is -0.523. The van der Waals surface area contributed by atoms with Crippen LogP contribution in [0, 0.1) is 10.1 Å². The highest BCUT2D eigenvalue weighted by atomic mass is 32.1. The standard InChI is InChI=1S/C30H31N7O8S/c38-25-17-44-23-7-2-8-24(27(23)36-30(46)19-9-11-20(12-10-19)37(42)43)45-18-26(39)32-14-4-16-34-29(41)22-6-1-5-21(35-22)28(40)33-15-3-13-31-25/h1-2,5-12H,3-4,13-18H2,(H,31,38)(H,32,39)(H,33,40)(H,34,41)(H,36,46). The number of amides is 4. The van der Waals surface area contributed by atoms with Gasteiger partial charge >= 0.3 is 0 Å². The SMILES string of the molecule is O=C1COc2cccc(c2NC(=S)c2ccc([N+](=O)[O-])cc2)OCC(=O)NCCCNC(=O)c2cccc(n2)C(=O)NCCCN1. The Kier molecular flexibility index (Phi) is 11.9. The first-order chi connectivity index (χ1) is 22.2. The molecule has 4 rings (SSSR count). The maximum Gasteiger partial charge on any atom is 0.269 e. The van der Waals surface area contributed by atoms with Crippen molar-refractivity contribution in [2.75, 3.05) is 44.7 Å². The molecular weight excluding hydrogens is 618 g/mol. The number of carbonyl (C=O) groups is 4. The summed E-state index contributed by atoms with van der Waals surface area (Å²) in [6.07, 6.45) is 0.832. The molecule has 0 saturated heterocycles. The fourth-order valence-electron chi connectivity index (χ4n) is 4.09. The molecule has 240 valence electrons. The summed E-state index contributed by atoms with van der Waals surface area (Å²) in [6, 6.07) is 14.9. The smallest absolute Gasteiger partial charge is 0.269 e. The number of anilines is 1. The Labute approximate surface area is 268 Å². The number of hydrogen-bond acceptors (Lipinski definition) is 10. The summed E-state index contributed by atoms with van der Waals surface area (Å²) >= 11 is 5.52. The van der Waals surface area contributed by atoms with E-state index in [1.54, 1.807) is 24.3 Å². The Morgan fingerprint density at radius 2 is 1.22 bits per heavy atom. The van der Waals surface area contributed by atoms with Gasteiger partial charge in [0.25, 0.3) is 29.3 Å². The van der Waals surface area contributed by atoms with Crippen LogP contribution in [0.25, 0.3) is 0 Å². The summed E-state index contributed by atoms with van der Waals surface area (Å²) in [6.45, 7) is 0.245. The van der Waals surface area contributed by atoms with Gasteiger partial charge in [0.15, 0.2) is 13.2 Å². The number of thiocarbonyl (C=S) groups is 1. The summed E-state index contributed by atoms with van der Waals surface area (Å²) in [7, 11) is 0. The Morgan fingerprint density at radius 1 is 0.739 bits per heavy atom. The number of carbonyl (C=O) groups excluding carboxylic acids is 4. The molecule has 1 aliphatic heterocycles. The van der Waals surface area contributed by atoms with Gasteiger partial charge in [0.05, 0.1) is 4.92 Å². The number of aromatic nitrogens is 1. The van der Waals surface area contributed by atoms with Crippen LogP contribution < -0.4 is 36.1 Å². The van der Waals surface area contributed by atoms with Crippen LogP contribution in [0.15, 0.2) is 60.7 Å². The second kappa shape index (κ2) is 16.4. The maximum absolute atomic E-state index is 12.5. The first kappa shape index (κ1) is 33.3. The summed E-state index contributed by atoms with van der Waals surface area (Å²) in [4.78, 5) is 64.9. The average molecular weight is 650 g/mol. The first-order valence-electron chi connectivity index (χ1n) is 14.2. The van der Waals surface area contributed by atoms with Crippen LogP contribution in [-0.4, -0.2) is 77.9 Å². The lowest BCUT2D eigenvalue weighted by molar-refractivity contribution is -0.384. The molecule has 0 fully saturated rings. The van der Waals surface area contributed by atoms with Crippen molar-refractivity contribution in [3.63, 3.8) is 0 Å². The highest BCUT2D eigenvalue weighted by molar-refractivity contribution is 7.81. The quantitative estimate of drug-likeness (QED) is 0.157. The van der Waals surface area contributed by atoms with Crippen molar-refractivity contribution < 1.29 is 33.6 Å². The van der Waals surface area contributed by atoms with Crippen LogP contribution in [0.1, 0.15) is 39.4 Å². The molecule has 1 aliphatic rings. The predicted octanol–water partition coefficient (Wildman–Crippen LogP) is 1.72. The van der Waals surface area contributed by atoms with E-state index >= 15 is 0 Å². The molecule has 0 atom stereocenters. The van der Waals surface area contributed by atoms with Crippen molar-refractivity contribution in [3.05, 3.63) is 87.7 Å². The zero-order valence-corrected chi connectivity index (χ0v) is 25.3. The Hall–Kier alpha value is -5.64. The van der Waals surface area contributed by atoms with E-state index in [1.165, 1.54) is 36.4 Å². The number of fused-ring (bicyclic) bond motifs is 4. The van der Waals surface area contributed by atoms with Gasteiger partial charge in [-0.05, 0) is 49.2 Å². The van der Waals surface area contributed by atoms with Crippen LogP contribution in [0.3, 0.4) is 0 Å². The summed E-state index contributed by atoms with van der Waals surface area (Å²) < 4.78 is 11.6. The van der Waals surface area contributed by atoms with Crippen molar-refractivity contribution in [3.8, 4) is 11.5 Å². The van der Waals surface area contributed by atoms with E-state index in [0.717, 1.165) is 0 Å². The number of nitro groups is 1. The normalized spacial score (nSPS) is 15.3. The number of hydrogen-bond donors (Lipinski definition) is 5. The minimum Gasteiger partial charge on any atom is -0.481 e. The van der Waals surface area contributed by atoms with Gasteiger partial charge in [0, 0.05) is 43.9 Å². The zero-order valence-electron chi connectivity index (χ0n) is 24.5. The molecule has 0 radical (unpaired) electrons. The molecule has 2 heterocycles. The molecule has 15 nitrogen and oxygen atoms in total. The van der Waals surface area contributed by atoms with Crippen molar-refractivity contribution in [2.24, 2.45) is 0 Å². The number of rotatable bonds is 3. The molecule has 46 heavy (non-hydrogen) atoms. The molecule has 0 aliphatic carbocycles. The molecule has 2 aromatic carbocycles. The molecule has 3 aromatic rings. The van der Waals surface area contributed by atoms with Crippen LogP contribution >= 0.6 is 12.2 Å². The number of nitrogens with one attached hydrogen (secondary N) is 5. The highest BCUT2D eigenvalue weighted by Gasteiger charge is 2.17. The number of ether oxygens (including phenoxy) is 2. The van der Waals surface area contributed by atoms with Crippen LogP contribution in [-0.2, 0) is 9.59 Å². The van der Waals surface area contributed by atoms with Gasteiger partial charge in [-0.25, -0.2) is 4.98 Å². The molecule has 0 spiro atoms. The Bertz CT molecular complexity index is 1540. The van der Waals surface area contributed by atoms with Crippen molar-refractivity contribution in [2.45, 2.75) is 12.8 Å². The number of benzene rings is 2. The molecule has 0 unspecified atom stereocenters. The van der Waals surface area contributed by atoms with Crippen molar-refractivity contribution in [1.29, 1.82) is 0 Å². The average Bonchev–Trinajstić information content (AvgIpc) is 3.06. The highest BCUT2D eigenvalue weighted by Crippen LogP contribution is 2.35. The van der Waals surface area contributed by atoms with E-state index in [4.69, 9.17) is 21.7 Å². The van der Waals surface area contributed by atoms with Crippen molar-refractivity contribution in [1.82, 2.24) is 26.3 Å². The topological polar surface area (TPSA) is 203 Å². The van der Waals surface area contributed by atoms with Crippen LogP contribution in [0.2, 0.25) is 0 Å². The lowest BCUT2D eigenvalue weighted by Gasteiger charge is -2.18. The van der Waals surface area contributed by atoms with Crippen LogP contribution in [0.5, 0.6) is 11.5 Å². The van der Waals surface area contributed by atoms with E-state index in [2.05, 4.69) is 31.6 Å². The number of pyridine rings is 1. The van der Waals surface area contributed by atoms with E-state index in [9.17, 15) is 29.3 Å². The number of nitrogens with zero attached hydrogens (tertiary/aromatic N) is 2. The second-order valence-electron chi connectivity index (χ2n) is 9.79. The fraction of sp³-hybridized carbons (Fsp3) is 0.267. The number of para-hydroxylation sites is 1. The lowest BCUT2D eigenvalue weighted by atomic mass is 10.2. The third-order valence-corrected chi connectivity index (χ3v) is 6.76. The van der Waals surface area contributed by atoms with Gasteiger partial charge in [-0.2, -0.15) is 0 Å². The molecule has 0 saturated carbocycles. The zero-order chi connectivity index (χ0) is 32.9. The summed E-state index contributed by atoms with van der Waals surface area (Å²) in [5.41, 5.74) is 0.760. The fourth-order valence-corrected chi connectivity index (χ4v) is 4.33. The third kappa shape index (κ3) is 9.68. The van der Waals surface area contributed by atoms with E-state index in [1.807, 2.05) is 0 Å². The van der Waals surface area contributed by atoms with E-state index < -0.39 is 28.6 Å². The van der Waals surface area contributed by atoms with Gasteiger partial charge in [-0.15, -0.1) is 0 Å². The van der Waals surface area contributed by atoms with Gasteiger partial charge in [0.2, 0.25) is 0 Å². The van der Waals surface area contributed by atoms with Crippen molar-refractivity contribution >= 4 is 52.2 Å². The van der Waals surface area contributed by atoms with E-state index in [0.29, 0.717) is 18.4 Å².